The third-order valence-corrected chi connectivity index (χ3v) is 2.47. The van der Waals surface area contributed by atoms with E-state index in [2.05, 4.69) is 5.32 Å². The fourth-order valence-electron chi connectivity index (χ4n) is 1.76. The van der Waals surface area contributed by atoms with Crippen molar-refractivity contribution < 1.29 is 9.53 Å². The van der Waals surface area contributed by atoms with E-state index >= 15 is 0 Å². The van der Waals surface area contributed by atoms with Gasteiger partial charge in [-0.05, 0) is 12.8 Å². The number of carbonyl (C=O) groups excluding carboxylic acids is 1. The average molecular weight is 186 g/mol. The van der Waals surface area contributed by atoms with Gasteiger partial charge in [-0.15, -0.1) is 0 Å². The standard InChI is InChI=1S/C9H18N2O2/c1-13-6-8(9(10)12)11-7-4-2-3-5-7/h7-8,11H,2-6H2,1H3,(H2,10,12). The molecule has 0 aromatic heterocycles. The highest BCUT2D eigenvalue weighted by molar-refractivity contribution is 5.80. The van der Waals surface area contributed by atoms with Gasteiger partial charge >= 0.3 is 0 Å². The largest absolute Gasteiger partial charge is 0.383 e. The second-order valence-electron chi connectivity index (χ2n) is 3.56. The zero-order valence-corrected chi connectivity index (χ0v) is 8.08. The van der Waals surface area contributed by atoms with Crippen molar-refractivity contribution in [3.8, 4) is 0 Å². The molecule has 1 saturated carbocycles. The van der Waals surface area contributed by atoms with Crippen molar-refractivity contribution in [2.45, 2.75) is 37.8 Å². The summed E-state index contributed by atoms with van der Waals surface area (Å²) in [6.07, 6.45) is 4.78. The van der Waals surface area contributed by atoms with Crippen molar-refractivity contribution in [1.82, 2.24) is 5.32 Å². The van der Waals surface area contributed by atoms with Crippen LogP contribution in [0, 0.1) is 0 Å². The van der Waals surface area contributed by atoms with Crippen molar-refractivity contribution in [1.29, 1.82) is 0 Å². The van der Waals surface area contributed by atoms with Crippen LogP contribution in [0.1, 0.15) is 25.7 Å². The van der Waals surface area contributed by atoms with Gasteiger partial charge in [-0.25, -0.2) is 0 Å². The van der Waals surface area contributed by atoms with Gasteiger partial charge in [-0.3, -0.25) is 4.79 Å². The fourth-order valence-corrected chi connectivity index (χ4v) is 1.76. The number of ether oxygens (including phenoxy) is 1. The number of nitrogens with one attached hydrogen (secondary N) is 1. The summed E-state index contributed by atoms with van der Waals surface area (Å²) in [5.41, 5.74) is 5.22. The molecule has 0 bridgehead atoms. The summed E-state index contributed by atoms with van der Waals surface area (Å²) in [6.45, 7) is 0.367. The van der Waals surface area contributed by atoms with Crippen molar-refractivity contribution in [3.63, 3.8) is 0 Å². The summed E-state index contributed by atoms with van der Waals surface area (Å²) >= 11 is 0. The van der Waals surface area contributed by atoms with Gasteiger partial charge in [0.25, 0.3) is 0 Å². The molecule has 1 rings (SSSR count). The number of nitrogens with two attached hydrogens (primary N) is 1. The maximum absolute atomic E-state index is 11.0. The molecule has 1 fully saturated rings. The van der Waals surface area contributed by atoms with Crippen LogP contribution < -0.4 is 11.1 Å². The topological polar surface area (TPSA) is 64.3 Å². The highest BCUT2D eigenvalue weighted by atomic mass is 16.5. The monoisotopic (exact) mass is 186 g/mol. The van der Waals surface area contributed by atoms with Crippen LogP contribution in [0.2, 0.25) is 0 Å². The van der Waals surface area contributed by atoms with Crippen LogP contribution in [0.25, 0.3) is 0 Å². The Morgan fingerprint density at radius 1 is 1.62 bits per heavy atom. The van der Waals surface area contributed by atoms with E-state index in [1.165, 1.54) is 12.8 Å². The van der Waals surface area contributed by atoms with Crippen LogP contribution in [-0.4, -0.2) is 31.7 Å². The minimum Gasteiger partial charge on any atom is -0.383 e. The Balaban J connectivity index is 2.32. The second-order valence-corrected chi connectivity index (χ2v) is 3.56. The molecule has 1 unspecified atom stereocenters. The quantitative estimate of drug-likeness (QED) is 0.636. The van der Waals surface area contributed by atoms with Crippen LogP contribution in [0.3, 0.4) is 0 Å². The lowest BCUT2D eigenvalue weighted by Gasteiger charge is -2.19. The molecule has 0 aromatic carbocycles. The fraction of sp³-hybridized carbons (Fsp3) is 0.889. The zero-order valence-electron chi connectivity index (χ0n) is 8.08. The van der Waals surface area contributed by atoms with Gasteiger partial charge in [-0.2, -0.15) is 0 Å². The van der Waals surface area contributed by atoms with Crippen LogP contribution >= 0.6 is 0 Å². The molecule has 0 saturated heterocycles. The maximum Gasteiger partial charge on any atom is 0.236 e. The molecule has 4 nitrogen and oxygen atoms in total. The Morgan fingerprint density at radius 2 is 2.23 bits per heavy atom. The molecule has 0 radical (unpaired) electrons. The van der Waals surface area contributed by atoms with Gasteiger partial charge in [0, 0.05) is 13.2 Å². The van der Waals surface area contributed by atoms with E-state index in [-0.39, 0.29) is 11.9 Å². The number of amides is 1. The van der Waals surface area contributed by atoms with E-state index in [9.17, 15) is 4.79 Å². The van der Waals surface area contributed by atoms with Gasteiger partial charge in [0.05, 0.1) is 6.61 Å². The highest BCUT2D eigenvalue weighted by Gasteiger charge is 2.22. The van der Waals surface area contributed by atoms with Crippen molar-refractivity contribution in [2.24, 2.45) is 5.73 Å². The Morgan fingerprint density at radius 3 is 2.69 bits per heavy atom. The zero-order chi connectivity index (χ0) is 9.68. The molecule has 4 heteroatoms. The Kier molecular flexibility index (Phi) is 4.18. The predicted molar refractivity (Wildman–Crippen MR) is 50.3 cm³/mol. The van der Waals surface area contributed by atoms with Crippen LogP contribution in [0.5, 0.6) is 0 Å². The lowest BCUT2D eigenvalue weighted by molar-refractivity contribution is -0.121. The molecule has 1 atom stereocenters. The van der Waals surface area contributed by atoms with Gasteiger partial charge in [0.15, 0.2) is 0 Å². The van der Waals surface area contributed by atoms with E-state index < -0.39 is 0 Å². The number of carbonyl (C=O) groups is 1. The Bertz CT molecular complexity index is 167. The molecule has 0 spiro atoms. The third kappa shape index (κ3) is 3.32. The van der Waals surface area contributed by atoms with Gasteiger partial charge in [-0.1, -0.05) is 12.8 Å². The first-order valence-electron chi connectivity index (χ1n) is 4.78. The van der Waals surface area contributed by atoms with E-state index in [0.29, 0.717) is 12.6 Å². The van der Waals surface area contributed by atoms with Crippen LogP contribution in [-0.2, 0) is 9.53 Å². The molecule has 1 aliphatic carbocycles. The summed E-state index contributed by atoms with van der Waals surface area (Å²) in [5, 5.41) is 3.22. The van der Waals surface area contributed by atoms with Crippen LogP contribution in [0.15, 0.2) is 0 Å². The van der Waals surface area contributed by atoms with Gasteiger partial charge in [0.1, 0.15) is 6.04 Å². The Hall–Kier alpha value is -0.610. The molecule has 1 aliphatic rings. The summed E-state index contributed by atoms with van der Waals surface area (Å²) in [7, 11) is 1.58. The molecule has 1 amide bonds. The summed E-state index contributed by atoms with van der Waals surface area (Å²) in [5.74, 6) is -0.325. The first kappa shape index (κ1) is 10.5. The molecular formula is C9H18N2O2. The third-order valence-electron chi connectivity index (χ3n) is 2.47. The van der Waals surface area contributed by atoms with Gasteiger partial charge in [0.2, 0.25) is 5.91 Å². The minimum atomic E-state index is -0.326. The smallest absolute Gasteiger partial charge is 0.236 e. The minimum absolute atomic E-state index is 0.325. The lowest BCUT2D eigenvalue weighted by atomic mass is 10.2. The van der Waals surface area contributed by atoms with E-state index in [0.717, 1.165) is 12.8 Å². The molecule has 13 heavy (non-hydrogen) atoms. The molecule has 0 heterocycles. The SMILES string of the molecule is COCC(NC1CCCC1)C(N)=O. The highest BCUT2D eigenvalue weighted by Crippen LogP contribution is 2.17. The number of hydrogen-bond donors (Lipinski definition) is 2. The predicted octanol–water partition coefficient (Wildman–Crippen LogP) is 0.0189. The summed E-state index contributed by atoms with van der Waals surface area (Å²) < 4.78 is 4.91. The van der Waals surface area contributed by atoms with Crippen molar-refractivity contribution in [2.75, 3.05) is 13.7 Å². The van der Waals surface area contributed by atoms with Gasteiger partial charge < -0.3 is 15.8 Å². The van der Waals surface area contributed by atoms with Crippen LogP contribution in [0.4, 0.5) is 0 Å². The molecule has 3 N–H and O–H groups in total. The molecular weight excluding hydrogens is 168 g/mol. The number of hydrogen-bond acceptors (Lipinski definition) is 3. The van der Waals surface area contributed by atoms with Crippen molar-refractivity contribution >= 4 is 5.91 Å². The molecule has 76 valence electrons. The summed E-state index contributed by atoms with van der Waals surface area (Å²) in [6, 6.07) is 0.126. The van der Waals surface area contributed by atoms with E-state index in [4.69, 9.17) is 10.5 Å². The average Bonchev–Trinajstić information content (AvgIpc) is 2.56. The first-order chi connectivity index (χ1) is 6.24. The number of methoxy groups -OCH3 is 1. The summed E-state index contributed by atoms with van der Waals surface area (Å²) in [4.78, 5) is 11.0. The molecule has 0 aliphatic heterocycles. The van der Waals surface area contributed by atoms with E-state index in [1.807, 2.05) is 0 Å². The Labute approximate surface area is 78.8 Å². The lowest BCUT2D eigenvalue weighted by Crippen LogP contribution is -2.48. The number of primary amides is 1. The van der Waals surface area contributed by atoms with E-state index in [1.54, 1.807) is 7.11 Å². The number of rotatable bonds is 5. The molecule has 0 aromatic rings. The second kappa shape index (κ2) is 5.19. The van der Waals surface area contributed by atoms with Crippen molar-refractivity contribution in [3.05, 3.63) is 0 Å². The normalized spacial score (nSPS) is 20.4. The maximum atomic E-state index is 11.0. The first-order valence-corrected chi connectivity index (χ1v) is 4.78.